The summed E-state index contributed by atoms with van der Waals surface area (Å²) in [6.45, 7) is 7.95. The summed E-state index contributed by atoms with van der Waals surface area (Å²) in [4.78, 5) is 14.7. The molecule has 1 aliphatic heterocycles. The maximum absolute atomic E-state index is 12.7. The van der Waals surface area contributed by atoms with E-state index in [0.717, 1.165) is 32.4 Å². The molecule has 1 saturated heterocycles. The van der Waals surface area contributed by atoms with Crippen LogP contribution in [0.5, 0.6) is 0 Å². The number of nitrogens with zero attached hydrogens (tertiary/aromatic N) is 1. The Balaban J connectivity index is 2.06. The quantitative estimate of drug-likeness (QED) is 0.919. The van der Waals surface area contributed by atoms with E-state index < -0.39 is 0 Å². The van der Waals surface area contributed by atoms with E-state index in [1.54, 1.807) is 0 Å². The van der Waals surface area contributed by atoms with Crippen LogP contribution in [-0.2, 0) is 11.3 Å². The van der Waals surface area contributed by atoms with E-state index in [1.807, 2.05) is 23.1 Å². The number of nitrogens with one attached hydrogen (secondary N) is 1. The highest BCUT2D eigenvalue weighted by atomic mass is 16.2. The molecule has 1 aliphatic rings. The summed E-state index contributed by atoms with van der Waals surface area (Å²) in [7, 11) is 0. The summed E-state index contributed by atoms with van der Waals surface area (Å²) >= 11 is 0. The molecule has 0 bridgehead atoms. The van der Waals surface area contributed by atoms with Crippen LogP contribution in [0, 0.1) is 0 Å². The van der Waals surface area contributed by atoms with Crippen molar-refractivity contribution in [1.29, 1.82) is 0 Å². The van der Waals surface area contributed by atoms with Gasteiger partial charge in [-0.1, -0.05) is 30.3 Å². The molecule has 110 valence electrons. The molecule has 0 saturated carbocycles. The molecule has 1 aromatic rings. The lowest BCUT2D eigenvalue weighted by molar-refractivity contribution is -0.134. The number of carbonyl (C=O) groups excluding carboxylic acids is 1. The van der Waals surface area contributed by atoms with Gasteiger partial charge in [0.1, 0.15) is 0 Å². The Bertz CT molecular complexity index is 436. The molecular formula is C17H26N2O. The summed E-state index contributed by atoms with van der Waals surface area (Å²) in [5.74, 6) is 0.251. The van der Waals surface area contributed by atoms with Crippen LogP contribution in [0.4, 0.5) is 0 Å². The zero-order chi connectivity index (χ0) is 14.6. The Morgan fingerprint density at radius 2 is 1.90 bits per heavy atom. The Kier molecular flexibility index (Phi) is 4.81. The Labute approximate surface area is 122 Å². The number of amides is 1. The molecule has 0 radical (unpaired) electrons. The fraction of sp³-hybridized carbons (Fsp3) is 0.588. The average Bonchev–Trinajstić information content (AvgIpc) is 2.54. The van der Waals surface area contributed by atoms with Gasteiger partial charge in [-0.15, -0.1) is 0 Å². The van der Waals surface area contributed by atoms with Crippen molar-refractivity contribution in [2.75, 3.05) is 6.54 Å². The molecule has 0 aliphatic carbocycles. The summed E-state index contributed by atoms with van der Waals surface area (Å²) in [6.07, 6.45) is 3.16. The maximum atomic E-state index is 12.7. The molecule has 0 aromatic heterocycles. The van der Waals surface area contributed by atoms with Gasteiger partial charge in [0, 0.05) is 18.6 Å². The number of rotatable bonds is 3. The molecule has 2 rings (SSSR count). The van der Waals surface area contributed by atoms with Crippen molar-refractivity contribution in [3.8, 4) is 0 Å². The first kappa shape index (κ1) is 15.0. The zero-order valence-electron chi connectivity index (χ0n) is 12.9. The van der Waals surface area contributed by atoms with Crippen LogP contribution in [0.2, 0.25) is 0 Å². The lowest BCUT2D eigenvalue weighted by atomic mass is 10.0. The van der Waals surface area contributed by atoms with Crippen LogP contribution in [0.15, 0.2) is 30.3 Å². The summed E-state index contributed by atoms with van der Waals surface area (Å²) in [6, 6.07) is 10.2. The van der Waals surface area contributed by atoms with Crippen molar-refractivity contribution >= 4 is 5.91 Å². The molecule has 3 heteroatoms. The molecule has 1 aromatic carbocycles. The Hall–Kier alpha value is -1.35. The van der Waals surface area contributed by atoms with Crippen molar-refractivity contribution in [2.45, 2.75) is 58.2 Å². The largest absolute Gasteiger partial charge is 0.337 e. The molecule has 3 nitrogen and oxygen atoms in total. The SMILES string of the molecule is CC(C)(C)NC1CCCCN(Cc2ccccc2)C1=O. The van der Waals surface area contributed by atoms with Crippen LogP contribution >= 0.6 is 0 Å². The maximum Gasteiger partial charge on any atom is 0.240 e. The molecule has 1 unspecified atom stereocenters. The predicted molar refractivity (Wildman–Crippen MR) is 82.4 cm³/mol. The molecule has 20 heavy (non-hydrogen) atoms. The summed E-state index contributed by atoms with van der Waals surface area (Å²) in [5.41, 5.74) is 1.18. The van der Waals surface area contributed by atoms with Gasteiger partial charge in [0.2, 0.25) is 5.91 Å². The van der Waals surface area contributed by atoms with Crippen molar-refractivity contribution < 1.29 is 4.79 Å². The van der Waals surface area contributed by atoms with Gasteiger partial charge in [0.15, 0.2) is 0 Å². The monoisotopic (exact) mass is 274 g/mol. The molecule has 1 atom stereocenters. The molecule has 0 spiro atoms. The second-order valence-corrected chi connectivity index (χ2v) is 6.69. The second-order valence-electron chi connectivity index (χ2n) is 6.69. The van der Waals surface area contributed by atoms with E-state index in [0.29, 0.717) is 0 Å². The molecule has 1 amide bonds. The van der Waals surface area contributed by atoms with Crippen molar-refractivity contribution in [3.63, 3.8) is 0 Å². The number of benzene rings is 1. The van der Waals surface area contributed by atoms with Crippen LogP contribution < -0.4 is 5.32 Å². The Morgan fingerprint density at radius 1 is 1.20 bits per heavy atom. The predicted octanol–water partition coefficient (Wildman–Crippen LogP) is 2.96. The minimum absolute atomic E-state index is 0.0247. The smallest absolute Gasteiger partial charge is 0.240 e. The first-order chi connectivity index (χ1) is 9.46. The van der Waals surface area contributed by atoms with Crippen molar-refractivity contribution in [1.82, 2.24) is 10.2 Å². The van der Waals surface area contributed by atoms with Gasteiger partial charge >= 0.3 is 0 Å². The molecular weight excluding hydrogens is 248 g/mol. The fourth-order valence-electron chi connectivity index (χ4n) is 2.72. The Morgan fingerprint density at radius 3 is 2.55 bits per heavy atom. The third kappa shape index (κ3) is 4.34. The third-order valence-electron chi connectivity index (χ3n) is 3.60. The van der Waals surface area contributed by atoms with Crippen molar-refractivity contribution in [2.24, 2.45) is 0 Å². The van der Waals surface area contributed by atoms with E-state index in [9.17, 15) is 4.79 Å². The van der Waals surface area contributed by atoms with Gasteiger partial charge < -0.3 is 10.2 Å². The highest BCUT2D eigenvalue weighted by molar-refractivity contribution is 5.82. The minimum Gasteiger partial charge on any atom is -0.337 e. The molecule has 1 heterocycles. The van der Waals surface area contributed by atoms with Crippen LogP contribution in [0.1, 0.15) is 45.6 Å². The molecule has 1 fully saturated rings. The third-order valence-corrected chi connectivity index (χ3v) is 3.60. The first-order valence-corrected chi connectivity index (χ1v) is 7.56. The zero-order valence-corrected chi connectivity index (χ0v) is 12.9. The van der Waals surface area contributed by atoms with Gasteiger partial charge in [0.05, 0.1) is 6.04 Å². The van der Waals surface area contributed by atoms with Crippen LogP contribution in [0.3, 0.4) is 0 Å². The normalized spacial score (nSPS) is 20.9. The lowest BCUT2D eigenvalue weighted by Gasteiger charge is -2.30. The number of hydrogen-bond donors (Lipinski definition) is 1. The summed E-state index contributed by atoms with van der Waals surface area (Å²) in [5, 5.41) is 3.47. The second kappa shape index (κ2) is 6.40. The van der Waals surface area contributed by atoms with Gasteiger partial charge in [-0.2, -0.15) is 0 Å². The summed E-state index contributed by atoms with van der Waals surface area (Å²) < 4.78 is 0. The van der Waals surface area contributed by atoms with E-state index in [2.05, 4.69) is 38.2 Å². The van der Waals surface area contributed by atoms with Gasteiger partial charge in [0.25, 0.3) is 0 Å². The van der Waals surface area contributed by atoms with E-state index in [4.69, 9.17) is 0 Å². The topological polar surface area (TPSA) is 32.3 Å². The minimum atomic E-state index is -0.0405. The first-order valence-electron chi connectivity index (χ1n) is 7.56. The van der Waals surface area contributed by atoms with Gasteiger partial charge in [-0.25, -0.2) is 0 Å². The van der Waals surface area contributed by atoms with Gasteiger partial charge in [-0.05, 0) is 45.6 Å². The average molecular weight is 274 g/mol. The highest BCUT2D eigenvalue weighted by Gasteiger charge is 2.29. The van der Waals surface area contributed by atoms with Crippen molar-refractivity contribution in [3.05, 3.63) is 35.9 Å². The standard InChI is InChI=1S/C17H26N2O/c1-17(2,3)18-15-11-7-8-12-19(16(15)20)13-14-9-5-4-6-10-14/h4-6,9-10,15,18H,7-8,11-13H2,1-3H3. The van der Waals surface area contributed by atoms with E-state index in [1.165, 1.54) is 5.56 Å². The number of carbonyl (C=O) groups is 1. The highest BCUT2D eigenvalue weighted by Crippen LogP contribution is 2.17. The lowest BCUT2D eigenvalue weighted by Crippen LogP contribution is -2.51. The van der Waals surface area contributed by atoms with Crippen LogP contribution in [-0.4, -0.2) is 28.9 Å². The van der Waals surface area contributed by atoms with E-state index in [-0.39, 0.29) is 17.5 Å². The molecule has 1 N–H and O–H groups in total. The van der Waals surface area contributed by atoms with Gasteiger partial charge in [-0.3, -0.25) is 4.79 Å². The number of likely N-dealkylation sites (tertiary alicyclic amines) is 1. The van der Waals surface area contributed by atoms with E-state index >= 15 is 0 Å². The number of hydrogen-bond acceptors (Lipinski definition) is 2. The fourth-order valence-corrected chi connectivity index (χ4v) is 2.72. The van der Waals surface area contributed by atoms with Crippen LogP contribution in [0.25, 0.3) is 0 Å².